The second-order valence-corrected chi connectivity index (χ2v) is 33.7. The Hall–Kier alpha value is -1.94. The lowest BCUT2D eigenvalue weighted by Gasteiger charge is -2.21. The lowest BCUT2D eigenvalue weighted by molar-refractivity contribution is -0.161. The van der Waals surface area contributed by atoms with Gasteiger partial charge in [0.25, 0.3) is 0 Å². The number of unbranched alkanes of at least 4 members (excludes halogenated alkanes) is 52. The maximum atomic E-state index is 13.1. The molecule has 0 aliphatic heterocycles. The van der Waals surface area contributed by atoms with Crippen LogP contribution < -0.4 is 0 Å². The number of rotatable bonds is 82. The SMILES string of the molecule is CCCCCCCCCCCCCCCCCCC(=O)OC[C@H](COP(=O)(O)OC[C@@H](O)COP(=O)(O)OC[C@@H](COC(=O)CCCCCCCCCCCCC(C)C)OC(=O)CCCCCCCCCCCCCCCC)OC(=O)CCCCCCCCCCCCCCCCCCC(C)C. The quantitative estimate of drug-likeness (QED) is 0.0222. The highest BCUT2D eigenvalue weighted by Gasteiger charge is 2.30. The fourth-order valence-electron chi connectivity index (χ4n) is 12.9. The predicted molar refractivity (Wildman–Crippen MR) is 418 cm³/mol. The predicted octanol–water partition coefficient (Wildman–Crippen LogP) is 25.1. The molecule has 0 aromatic heterocycles. The Morgan fingerprint density at radius 1 is 0.265 bits per heavy atom. The molecule has 0 saturated heterocycles. The third-order valence-electron chi connectivity index (χ3n) is 19.5. The summed E-state index contributed by atoms with van der Waals surface area (Å²) in [6.45, 7) is 9.68. The van der Waals surface area contributed by atoms with Gasteiger partial charge in [0.15, 0.2) is 12.2 Å². The highest BCUT2D eigenvalue weighted by atomic mass is 31.2. The molecule has 0 aromatic rings. The third-order valence-corrected chi connectivity index (χ3v) is 21.4. The number of aliphatic hydroxyl groups excluding tert-OH is 1. The molecule has 5 atom stereocenters. The lowest BCUT2D eigenvalue weighted by Crippen LogP contribution is -2.30. The summed E-state index contributed by atoms with van der Waals surface area (Å²) in [5.41, 5.74) is 0. The number of phosphoric ester groups is 2. The van der Waals surface area contributed by atoms with Gasteiger partial charge in [-0.2, -0.15) is 0 Å². The second kappa shape index (κ2) is 74.5. The summed E-state index contributed by atoms with van der Waals surface area (Å²) >= 11 is 0. The zero-order chi connectivity index (χ0) is 74.9. The molecule has 0 fully saturated rings. The molecule has 0 aromatic carbocycles. The van der Waals surface area contributed by atoms with Crippen LogP contribution in [0.2, 0.25) is 0 Å². The molecule has 102 heavy (non-hydrogen) atoms. The zero-order valence-electron chi connectivity index (χ0n) is 66.9. The Morgan fingerprint density at radius 2 is 0.451 bits per heavy atom. The average Bonchev–Trinajstić information content (AvgIpc) is 0.963. The molecule has 0 radical (unpaired) electrons. The van der Waals surface area contributed by atoms with Crippen LogP contribution in [-0.2, 0) is 65.4 Å². The highest BCUT2D eigenvalue weighted by molar-refractivity contribution is 7.47. The van der Waals surface area contributed by atoms with E-state index < -0.39 is 97.5 Å². The number of esters is 4. The molecule has 606 valence electrons. The van der Waals surface area contributed by atoms with Crippen molar-refractivity contribution in [2.75, 3.05) is 39.6 Å². The maximum absolute atomic E-state index is 13.1. The minimum Gasteiger partial charge on any atom is -0.462 e. The van der Waals surface area contributed by atoms with Gasteiger partial charge >= 0.3 is 39.5 Å². The molecule has 0 rings (SSSR count). The molecule has 19 heteroatoms. The number of carbonyl (C=O) groups is 4. The van der Waals surface area contributed by atoms with Crippen LogP contribution in [0.25, 0.3) is 0 Å². The lowest BCUT2D eigenvalue weighted by atomic mass is 10.0. The summed E-state index contributed by atoms with van der Waals surface area (Å²) in [6, 6.07) is 0. The van der Waals surface area contributed by atoms with Crippen LogP contribution in [-0.4, -0.2) is 96.7 Å². The first-order valence-electron chi connectivity index (χ1n) is 43.0. The number of hydrogen-bond acceptors (Lipinski definition) is 15. The van der Waals surface area contributed by atoms with Crippen LogP contribution in [0, 0.1) is 11.8 Å². The number of phosphoric acid groups is 2. The van der Waals surface area contributed by atoms with Crippen molar-refractivity contribution in [3.63, 3.8) is 0 Å². The minimum absolute atomic E-state index is 0.108. The summed E-state index contributed by atoms with van der Waals surface area (Å²) in [4.78, 5) is 73.2. The molecule has 0 heterocycles. The van der Waals surface area contributed by atoms with E-state index in [2.05, 4.69) is 41.5 Å². The zero-order valence-corrected chi connectivity index (χ0v) is 68.7. The molecular formula is C83H162O17P2. The van der Waals surface area contributed by atoms with Crippen LogP contribution >= 0.6 is 15.6 Å². The Morgan fingerprint density at radius 3 is 0.667 bits per heavy atom. The van der Waals surface area contributed by atoms with Gasteiger partial charge in [0.2, 0.25) is 0 Å². The van der Waals surface area contributed by atoms with Crippen molar-refractivity contribution in [1.82, 2.24) is 0 Å². The van der Waals surface area contributed by atoms with E-state index in [1.807, 2.05) is 0 Å². The Balaban J connectivity index is 5.26. The van der Waals surface area contributed by atoms with E-state index in [9.17, 15) is 43.2 Å². The molecule has 3 N–H and O–H groups in total. The van der Waals surface area contributed by atoms with Gasteiger partial charge in [0.05, 0.1) is 26.4 Å². The Labute approximate surface area is 626 Å². The van der Waals surface area contributed by atoms with Crippen LogP contribution in [0.15, 0.2) is 0 Å². The van der Waals surface area contributed by atoms with Gasteiger partial charge < -0.3 is 33.8 Å². The summed E-state index contributed by atoms with van der Waals surface area (Å²) in [6.07, 6.45) is 65.1. The smallest absolute Gasteiger partial charge is 0.462 e. The van der Waals surface area contributed by atoms with E-state index in [4.69, 9.17) is 37.0 Å². The molecule has 0 spiro atoms. The molecule has 2 unspecified atom stereocenters. The van der Waals surface area contributed by atoms with E-state index in [0.717, 1.165) is 102 Å². The van der Waals surface area contributed by atoms with E-state index >= 15 is 0 Å². The summed E-state index contributed by atoms with van der Waals surface area (Å²) in [7, 11) is -9.92. The van der Waals surface area contributed by atoms with Crippen LogP contribution in [0.3, 0.4) is 0 Å². The van der Waals surface area contributed by atoms with Gasteiger partial charge in [-0.25, -0.2) is 9.13 Å². The number of hydrogen-bond donors (Lipinski definition) is 3. The number of carbonyl (C=O) groups excluding carboxylic acids is 4. The first-order chi connectivity index (χ1) is 49.4. The fourth-order valence-corrected chi connectivity index (χ4v) is 14.5. The van der Waals surface area contributed by atoms with Crippen molar-refractivity contribution in [3.8, 4) is 0 Å². The highest BCUT2D eigenvalue weighted by Crippen LogP contribution is 2.45. The van der Waals surface area contributed by atoms with Gasteiger partial charge in [-0.3, -0.25) is 37.3 Å². The summed E-state index contributed by atoms with van der Waals surface area (Å²) in [5, 5.41) is 10.7. The molecule has 0 amide bonds. The van der Waals surface area contributed by atoms with E-state index in [1.165, 1.54) is 257 Å². The first-order valence-corrected chi connectivity index (χ1v) is 46.0. The largest absolute Gasteiger partial charge is 0.472 e. The van der Waals surface area contributed by atoms with Crippen LogP contribution in [0.1, 0.15) is 440 Å². The maximum Gasteiger partial charge on any atom is 0.472 e. The van der Waals surface area contributed by atoms with Crippen molar-refractivity contribution in [2.24, 2.45) is 11.8 Å². The molecular weight excluding hydrogens is 1330 g/mol. The van der Waals surface area contributed by atoms with Crippen molar-refractivity contribution in [2.45, 2.75) is 458 Å². The fraction of sp³-hybridized carbons (Fsp3) is 0.952. The monoisotopic (exact) mass is 1490 g/mol. The van der Waals surface area contributed by atoms with E-state index in [0.29, 0.717) is 25.7 Å². The third kappa shape index (κ3) is 76.3. The van der Waals surface area contributed by atoms with Gasteiger partial charge in [-0.1, -0.05) is 388 Å². The topological polar surface area (TPSA) is 237 Å². The number of aliphatic hydroxyl groups is 1. The minimum atomic E-state index is -4.96. The number of ether oxygens (including phenoxy) is 4. The van der Waals surface area contributed by atoms with E-state index in [1.54, 1.807) is 0 Å². The molecule has 0 saturated carbocycles. The van der Waals surface area contributed by atoms with Gasteiger partial charge in [-0.15, -0.1) is 0 Å². The summed E-state index contributed by atoms with van der Waals surface area (Å²) < 4.78 is 68.8. The van der Waals surface area contributed by atoms with Crippen molar-refractivity contribution < 1.29 is 80.2 Å². The van der Waals surface area contributed by atoms with E-state index in [-0.39, 0.29) is 25.7 Å². The first kappa shape index (κ1) is 100. The van der Waals surface area contributed by atoms with Crippen molar-refractivity contribution in [3.05, 3.63) is 0 Å². The van der Waals surface area contributed by atoms with Gasteiger partial charge in [-0.05, 0) is 37.5 Å². The van der Waals surface area contributed by atoms with Gasteiger partial charge in [0.1, 0.15) is 19.3 Å². The molecule has 17 nitrogen and oxygen atoms in total. The average molecular weight is 1490 g/mol. The van der Waals surface area contributed by atoms with Crippen molar-refractivity contribution in [1.29, 1.82) is 0 Å². The standard InChI is InChI=1S/C83H162O17P2/c1-7-9-11-13-15-17-19-21-23-27-31-34-41-47-53-59-65-80(85)93-71-78(99-83(88)68-62-56-50-44-36-32-28-25-24-26-29-33-39-45-51-57-63-75(3)4)73-97-101(89,90)95-69-77(84)70-96-102(91,92)98-74-79(72-94-81(86)66-60-54-48-42-38-37-40-46-52-58-64-76(5)6)100-82(87)67-61-55-49-43-35-30-22-20-18-16-14-12-10-8-2/h75-79,84H,7-74H2,1-6H3,(H,89,90)(H,91,92)/t77-,78-,79-/m1/s1. The van der Waals surface area contributed by atoms with Crippen LogP contribution in [0.4, 0.5) is 0 Å². The summed E-state index contributed by atoms with van der Waals surface area (Å²) in [5.74, 6) is -0.535. The normalized spacial score (nSPS) is 13.9. The molecule has 0 bridgehead atoms. The van der Waals surface area contributed by atoms with Crippen molar-refractivity contribution >= 4 is 39.5 Å². The van der Waals surface area contributed by atoms with Crippen LogP contribution in [0.5, 0.6) is 0 Å². The molecule has 0 aliphatic carbocycles. The van der Waals surface area contributed by atoms with Gasteiger partial charge in [0, 0.05) is 25.7 Å². The molecule has 0 aliphatic rings. The second-order valence-electron chi connectivity index (χ2n) is 30.8. The Bertz CT molecular complexity index is 1960. The Kier molecular flexibility index (Phi) is 73.1.